The number of imidazole rings is 1. The molecule has 0 spiro atoms. The third kappa shape index (κ3) is 2.27. The van der Waals surface area contributed by atoms with Crippen molar-refractivity contribution in [1.29, 1.82) is 0 Å². The Kier molecular flexibility index (Phi) is 3.07. The van der Waals surface area contributed by atoms with Gasteiger partial charge in [-0.05, 0) is 49.5 Å². The Morgan fingerprint density at radius 2 is 2.19 bits per heavy atom. The Bertz CT molecular complexity index is 614. The molecule has 2 aromatic heterocycles. The van der Waals surface area contributed by atoms with E-state index in [9.17, 15) is 5.11 Å². The van der Waals surface area contributed by atoms with Crippen LogP contribution in [0.2, 0.25) is 0 Å². The minimum Gasteiger partial charge on any atom is -0.380 e. The molecule has 1 unspecified atom stereocenters. The van der Waals surface area contributed by atoms with Gasteiger partial charge in [-0.1, -0.05) is 6.07 Å². The molecule has 1 N–H and O–H groups in total. The summed E-state index contributed by atoms with van der Waals surface area (Å²) in [6.07, 6.45) is 13.3. The summed E-state index contributed by atoms with van der Waals surface area (Å²) in [7, 11) is 0. The Morgan fingerprint density at radius 1 is 1.33 bits per heavy atom. The maximum absolute atomic E-state index is 10.6. The Hall–Kier alpha value is -1.68. The lowest BCUT2D eigenvalue weighted by molar-refractivity contribution is 0.189. The van der Waals surface area contributed by atoms with Crippen molar-refractivity contribution in [3.05, 3.63) is 48.3 Å². The Balaban J connectivity index is 1.59. The van der Waals surface area contributed by atoms with E-state index >= 15 is 0 Å². The molecule has 0 amide bonds. The first-order valence-corrected chi connectivity index (χ1v) is 7.85. The molecule has 2 aromatic rings. The van der Waals surface area contributed by atoms with Gasteiger partial charge in [0.15, 0.2) is 0 Å². The first-order chi connectivity index (χ1) is 10.3. The van der Waals surface area contributed by atoms with Gasteiger partial charge >= 0.3 is 0 Å². The normalized spacial score (nSPS) is 28.9. The zero-order valence-corrected chi connectivity index (χ0v) is 12.2. The van der Waals surface area contributed by atoms with Gasteiger partial charge in [0.2, 0.25) is 0 Å². The summed E-state index contributed by atoms with van der Waals surface area (Å²) >= 11 is 0. The number of fused-ring (bicyclic) bond motifs is 2. The molecule has 2 aliphatic rings. The largest absolute Gasteiger partial charge is 0.380 e. The van der Waals surface area contributed by atoms with Crippen LogP contribution in [0.5, 0.6) is 0 Å². The van der Waals surface area contributed by atoms with Crippen molar-refractivity contribution < 1.29 is 5.11 Å². The second-order valence-corrected chi connectivity index (χ2v) is 6.75. The third-order valence-electron chi connectivity index (χ3n) is 5.39. The molecule has 2 bridgehead atoms. The summed E-state index contributed by atoms with van der Waals surface area (Å²) in [4.78, 5) is 8.49. The predicted octanol–water partition coefficient (Wildman–Crippen LogP) is 2.94. The van der Waals surface area contributed by atoms with Gasteiger partial charge in [0.05, 0.1) is 0 Å². The summed E-state index contributed by atoms with van der Waals surface area (Å²) in [5.74, 6) is 1.69. The SMILES string of the molecule is OC(c1cccnc1)c1nccn1CC12CCC(CC1)C2. The van der Waals surface area contributed by atoms with E-state index in [4.69, 9.17) is 0 Å². The van der Waals surface area contributed by atoms with Gasteiger partial charge < -0.3 is 9.67 Å². The number of aromatic nitrogens is 3. The van der Waals surface area contributed by atoms with E-state index in [-0.39, 0.29) is 0 Å². The number of pyridine rings is 1. The van der Waals surface area contributed by atoms with Crippen LogP contribution < -0.4 is 0 Å². The molecule has 0 aliphatic heterocycles. The van der Waals surface area contributed by atoms with Crippen molar-refractivity contribution >= 4 is 0 Å². The number of hydrogen-bond acceptors (Lipinski definition) is 3. The molecule has 2 heterocycles. The summed E-state index contributed by atoms with van der Waals surface area (Å²) < 4.78 is 2.16. The molecule has 0 saturated heterocycles. The second-order valence-electron chi connectivity index (χ2n) is 6.75. The van der Waals surface area contributed by atoms with Gasteiger partial charge in [-0.2, -0.15) is 0 Å². The Labute approximate surface area is 124 Å². The second kappa shape index (κ2) is 4.95. The van der Waals surface area contributed by atoms with Gasteiger partial charge in [-0.25, -0.2) is 4.98 Å². The highest BCUT2D eigenvalue weighted by Crippen LogP contribution is 2.55. The highest BCUT2D eigenvalue weighted by atomic mass is 16.3. The van der Waals surface area contributed by atoms with Crippen molar-refractivity contribution in [2.75, 3.05) is 0 Å². The highest BCUT2D eigenvalue weighted by Gasteiger charge is 2.45. The minimum absolute atomic E-state index is 0.453. The zero-order chi connectivity index (χ0) is 14.3. The van der Waals surface area contributed by atoms with E-state index in [0.29, 0.717) is 5.41 Å². The molecule has 110 valence electrons. The average molecular weight is 283 g/mol. The topological polar surface area (TPSA) is 50.9 Å². The molecular formula is C17H21N3O. The molecule has 4 nitrogen and oxygen atoms in total. The lowest BCUT2D eigenvalue weighted by Gasteiger charge is -2.28. The molecule has 0 aromatic carbocycles. The maximum atomic E-state index is 10.6. The standard InChI is InChI=1S/C17H21N3O/c21-15(14-2-1-7-18-11-14)16-19-8-9-20(16)12-17-5-3-13(10-17)4-6-17/h1-2,7-9,11,13,15,21H,3-6,10,12H2. The van der Waals surface area contributed by atoms with E-state index in [1.54, 1.807) is 18.6 Å². The molecule has 21 heavy (non-hydrogen) atoms. The summed E-state index contributed by atoms with van der Waals surface area (Å²) in [6.45, 7) is 0.996. The van der Waals surface area contributed by atoms with Crippen LogP contribution in [0.4, 0.5) is 0 Å². The first kappa shape index (κ1) is 13.0. The van der Waals surface area contributed by atoms with Crippen LogP contribution in [0.1, 0.15) is 49.6 Å². The maximum Gasteiger partial charge on any atom is 0.142 e. The highest BCUT2D eigenvalue weighted by molar-refractivity contribution is 5.19. The summed E-state index contributed by atoms with van der Waals surface area (Å²) in [6, 6.07) is 3.75. The van der Waals surface area contributed by atoms with Crippen LogP contribution >= 0.6 is 0 Å². The van der Waals surface area contributed by atoms with Gasteiger partial charge in [0.25, 0.3) is 0 Å². The molecule has 2 fully saturated rings. The fraction of sp³-hybridized carbons (Fsp3) is 0.529. The Morgan fingerprint density at radius 3 is 2.86 bits per heavy atom. The summed E-state index contributed by atoms with van der Waals surface area (Å²) in [5.41, 5.74) is 1.26. The molecule has 4 rings (SSSR count). The minimum atomic E-state index is -0.691. The molecule has 1 atom stereocenters. The molecule has 2 saturated carbocycles. The van der Waals surface area contributed by atoms with E-state index in [1.165, 1.54) is 32.1 Å². The van der Waals surface area contributed by atoms with Crippen molar-refractivity contribution in [3.8, 4) is 0 Å². The number of aliphatic hydroxyl groups is 1. The molecule has 0 radical (unpaired) electrons. The number of nitrogens with zero attached hydrogens (tertiary/aromatic N) is 3. The first-order valence-electron chi connectivity index (χ1n) is 7.85. The van der Waals surface area contributed by atoms with Crippen molar-refractivity contribution in [2.24, 2.45) is 11.3 Å². The average Bonchev–Trinajstić information content (AvgIpc) is 3.23. The number of aliphatic hydroxyl groups excluding tert-OH is 1. The van der Waals surface area contributed by atoms with Crippen molar-refractivity contribution in [1.82, 2.24) is 14.5 Å². The van der Waals surface area contributed by atoms with Gasteiger partial charge in [-0.15, -0.1) is 0 Å². The van der Waals surface area contributed by atoms with E-state index in [1.807, 2.05) is 18.3 Å². The van der Waals surface area contributed by atoms with Gasteiger partial charge in [0.1, 0.15) is 11.9 Å². The van der Waals surface area contributed by atoms with Crippen LogP contribution in [0.3, 0.4) is 0 Å². The zero-order valence-electron chi connectivity index (χ0n) is 12.2. The van der Waals surface area contributed by atoms with Crippen molar-refractivity contribution in [3.63, 3.8) is 0 Å². The van der Waals surface area contributed by atoms with E-state index in [0.717, 1.165) is 23.9 Å². The lowest BCUT2D eigenvalue weighted by atomic mass is 9.84. The number of rotatable bonds is 4. The van der Waals surface area contributed by atoms with E-state index in [2.05, 4.69) is 14.5 Å². The van der Waals surface area contributed by atoms with Crippen LogP contribution in [0, 0.1) is 11.3 Å². The fourth-order valence-electron chi connectivity index (χ4n) is 4.28. The molecular weight excluding hydrogens is 262 g/mol. The van der Waals surface area contributed by atoms with Crippen molar-refractivity contribution in [2.45, 2.75) is 44.8 Å². The quantitative estimate of drug-likeness (QED) is 0.938. The monoisotopic (exact) mass is 283 g/mol. The summed E-state index contributed by atoms with van der Waals surface area (Å²) in [5, 5.41) is 10.6. The third-order valence-corrected chi connectivity index (χ3v) is 5.39. The van der Waals surface area contributed by atoms with Gasteiger partial charge in [0, 0.05) is 36.9 Å². The van der Waals surface area contributed by atoms with Crippen LogP contribution in [-0.4, -0.2) is 19.6 Å². The number of hydrogen-bond donors (Lipinski definition) is 1. The fourth-order valence-corrected chi connectivity index (χ4v) is 4.28. The lowest BCUT2D eigenvalue weighted by Crippen LogP contribution is -2.23. The smallest absolute Gasteiger partial charge is 0.142 e. The van der Waals surface area contributed by atoms with Crippen LogP contribution in [-0.2, 0) is 6.54 Å². The molecule has 4 heteroatoms. The van der Waals surface area contributed by atoms with Gasteiger partial charge in [-0.3, -0.25) is 4.98 Å². The van der Waals surface area contributed by atoms with Crippen LogP contribution in [0.15, 0.2) is 36.9 Å². The predicted molar refractivity (Wildman–Crippen MR) is 79.5 cm³/mol. The van der Waals surface area contributed by atoms with E-state index < -0.39 is 6.10 Å². The molecule has 2 aliphatic carbocycles. The van der Waals surface area contributed by atoms with Crippen LogP contribution in [0.25, 0.3) is 0 Å².